The molecule has 4 aromatic rings. The first-order valence-electron chi connectivity index (χ1n) is 13.6. The standard InChI is InChI=1S/C35H38O2/c1-26-7-13-32(14-8-26)36-24-21-29-5-4-6-31(25-29)35(22-19-28(3)20-23-35)30-11-17-34(18-12-30)37-33-15-9-27(2)10-16-33/h4-18,25,28H,19-24H2,1-3H3. The number of aryl methyl sites for hydroxylation is 2. The van der Waals surface area contributed by atoms with Gasteiger partial charge in [-0.1, -0.05) is 78.7 Å². The summed E-state index contributed by atoms with van der Waals surface area (Å²) in [5, 5.41) is 0. The molecule has 0 spiro atoms. The third-order valence-corrected chi connectivity index (χ3v) is 7.95. The molecule has 1 saturated carbocycles. The molecule has 2 nitrogen and oxygen atoms in total. The van der Waals surface area contributed by atoms with E-state index in [4.69, 9.17) is 9.47 Å². The second-order valence-electron chi connectivity index (χ2n) is 10.8. The van der Waals surface area contributed by atoms with E-state index in [9.17, 15) is 0 Å². The number of hydrogen-bond acceptors (Lipinski definition) is 2. The summed E-state index contributed by atoms with van der Waals surface area (Å²) in [5.41, 5.74) is 6.69. The Balaban J connectivity index is 1.34. The fourth-order valence-electron chi connectivity index (χ4n) is 5.53. The zero-order valence-corrected chi connectivity index (χ0v) is 22.4. The molecule has 0 aliphatic heterocycles. The predicted molar refractivity (Wildman–Crippen MR) is 153 cm³/mol. The van der Waals surface area contributed by atoms with Gasteiger partial charge >= 0.3 is 0 Å². The minimum Gasteiger partial charge on any atom is -0.493 e. The largest absolute Gasteiger partial charge is 0.493 e. The summed E-state index contributed by atoms with van der Waals surface area (Å²) in [6.45, 7) is 7.26. The molecule has 0 radical (unpaired) electrons. The lowest BCUT2D eigenvalue weighted by Crippen LogP contribution is -2.32. The molecular weight excluding hydrogens is 452 g/mol. The molecule has 5 rings (SSSR count). The fourth-order valence-corrected chi connectivity index (χ4v) is 5.53. The van der Waals surface area contributed by atoms with Crippen LogP contribution in [-0.4, -0.2) is 6.61 Å². The fraction of sp³-hybridized carbons (Fsp3) is 0.314. The summed E-state index contributed by atoms with van der Waals surface area (Å²) >= 11 is 0. The van der Waals surface area contributed by atoms with Crippen LogP contribution in [0.3, 0.4) is 0 Å². The quantitative estimate of drug-likeness (QED) is 0.245. The molecule has 1 fully saturated rings. The molecule has 1 aliphatic rings. The topological polar surface area (TPSA) is 18.5 Å². The Kier molecular flexibility index (Phi) is 7.65. The van der Waals surface area contributed by atoms with E-state index < -0.39 is 0 Å². The molecule has 1 aliphatic carbocycles. The molecule has 0 bridgehead atoms. The average Bonchev–Trinajstić information content (AvgIpc) is 2.92. The minimum atomic E-state index is 0.0444. The summed E-state index contributed by atoms with van der Waals surface area (Å²) < 4.78 is 12.2. The van der Waals surface area contributed by atoms with Crippen molar-refractivity contribution < 1.29 is 9.47 Å². The molecule has 2 heteroatoms. The highest BCUT2D eigenvalue weighted by atomic mass is 16.5. The van der Waals surface area contributed by atoms with E-state index in [-0.39, 0.29) is 5.41 Å². The molecule has 4 aromatic carbocycles. The monoisotopic (exact) mass is 490 g/mol. The van der Waals surface area contributed by atoms with Gasteiger partial charge in [0.05, 0.1) is 6.61 Å². The van der Waals surface area contributed by atoms with Crippen LogP contribution in [0.15, 0.2) is 97.1 Å². The Bertz CT molecular complexity index is 1280. The lowest BCUT2D eigenvalue weighted by Gasteiger charge is -2.41. The van der Waals surface area contributed by atoms with Crippen molar-refractivity contribution in [2.75, 3.05) is 6.61 Å². The minimum absolute atomic E-state index is 0.0444. The molecule has 0 amide bonds. The number of benzene rings is 4. The van der Waals surface area contributed by atoms with Gasteiger partial charge in [-0.15, -0.1) is 0 Å². The smallest absolute Gasteiger partial charge is 0.127 e. The van der Waals surface area contributed by atoms with Crippen LogP contribution in [0.5, 0.6) is 17.2 Å². The van der Waals surface area contributed by atoms with Crippen molar-refractivity contribution >= 4 is 0 Å². The molecule has 0 aromatic heterocycles. The van der Waals surface area contributed by atoms with Crippen LogP contribution in [0, 0.1) is 19.8 Å². The normalized spacial score (nSPS) is 19.4. The van der Waals surface area contributed by atoms with Crippen molar-refractivity contribution in [3.63, 3.8) is 0 Å². The molecule has 0 saturated heterocycles. The Labute approximate surface area is 222 Å². The average molecular weight is 491 g/mol. The van der Waals surface area contributed by atoms with E-state index >= 15 is 0 Å². The van der Waals surface area contributed by atoms with E-state index in [1.807, 2.05) is 12.1 Å². The van der Waals surface area contributed by atoms with Crippen LogP contribution in [0.2, 0.25) is 0 Å². The molecular formula is C35H38O2. The van der Waals surface area contributed by atoms with Gasteiger partial charge in [0.15, 0.2) is 0 Å². The van der Waals surface area contributed by atoms with Crippen LogP contribution < -0.4 is 9.47 Å². The van der Waals surface area contributed by atoms with Gasteiger partial charge in [-0.3, -0.25) is 0 Å². The van der Waals surface area contributed by atoms with Gasteiger partial charge in [-0.05, 0) is 98.5 Å². The van der Waals surface area contributed by atoms with Crippen LogP contribution in [0.25, 0.3) is 0 Å². The Morgan fingerprint density at radius 2 is 1.24 bits per heavy atom. The maximum absolute atomic E-state index is 6.12. The van der Waals surface area contributed by atoms with Gasteiger partial charge in [0, 0.05) is 11.8 Å². The van der Waals surface area contributed by atoms with Gasteiger partial charge in [0.25, 0.3) is 0 Å². The highest BCUT2D eigenvalue weighted by molar-refractivity contribution is 5.44. The van der Waals surface area contributed by atoms with Crippen molar-refractivity contribution in [3.05, 3.63) is 125 Å². The van der Waals surface area contributed by atoms with Gasteiger partial charge < -0.3 is 9.47 Å². The van der Waals surface area contributed by atoms with E-state index in [1.165, 1.54) is 53.5 Å². The Morgan fingerprint density at radius 1 is 0.676 bits per heavy atom. The molecule has 0 heterocycles. The second kappa shape index (κ2) is 11.3. The van der Waals surface area contributed by atoms with Crippen LogP contribution in [-0.2, 0) is 11.8 Å². The summed E-state index contributed by atoms with van der Waals surface area (Å²) in [7, 11) is 0. The second-order valence-corrected chi connectivity index (χ2v) is 10.8. The highest BCUT2D eigenvalue weighted by Crippen LogP contribution is 2.47. The van der Waals surface area contributed by atoms with Gasteiger partial charge in [-0.2, -0.15) is 0 Å². The first-order chi connectivity index (χ1) is 18.0. The Morgan fingerprint density at radius 3 is 1.86 bits per heavy atom. The number of hydrogen-bond donors (Lipinski definition) is 0. The Hall–Kier alpha value is -3.52. The van der Waals surface area contributed by atoms with Crippen molar-refractivity contribution in [1.82, 2.24) is 0 Å². The molecule has 0 unspecified atom stereocenters. The maximum atomic E-state index is 6.12. The van der Waals surface area contributed by atoms with Crippen LogP contribution in [0.1, 0.15) is 60.4 Å². The summed E-state index contributed by atoms with van der Waals surface area (Å²) in [4.78, 5) is 0. The zero-order valence-electron chi connectivity index (χ0n) is 22.4. The van der Waals surface area contributed by atoms with E-state index in [2.05, 4.69) is 106 Å². The van der Waals surface area contributed by atoms with Gasteiger partial charge in [-0.25, -0.2) is 0 Å². The van der Waals surface area contributed by atoms with Crippen molar-refractivity contribution in [3.8, 4) is 17.2 Å². The summed E-state index contributed by atoms with van der Waals surface area (Å²) in [6, 6.07) is 34.6. The van der Waals surface area contributed by atoms with Crippen molar-refractivity contribution in [2.45, 2.75) is 58.3 Å². The maximum Gasteiger partial charge on any atom is 0.127 e. The lowest BCUT2D eigenvalue weighted by atomic mass is 9.63. The van der Waals surface area contributed by atoms with E-state index in [0.717, 1.165) is 29.6 Å². The predicted octanol–water partition coefficient (Wildman–Crippen LogP) is 9.21. The van der Waals surface area contributed by atoms with Gasteiger partial charge in [0.2, 0.25) is 0 Å². The molecule has 190 valence electrons. The van der Waals surface area contributed by atoms with E-state index in [0.29, 0.717) is 6.61 Å². The molecule has 0 atom stereocenters. The van der Waals surface area contributed by atoms with Crippen molar-refractivity contribution in [1.29, 1.82) is 0 Å². The van der Waals surface area contributed by atoms with Crippen LogP contribution in [0.4, 0.5) is 0 Å². The molecule has 37 heavy (non-hydrogen) atoms. The summed E-state index contributed by atoms with van der Waals surface area (Å²) in [6.07, 6.45) is 5.76. The third-order valence-electron chi connectivity index (χ3n) is 7.95. The number of rotatable bonds is 8. The highest BCUT2D eigenvalue weighted by Gasteiger charge is 2.37. The first-order valence-corrected chi connectivity index (χ1v) is 13.6. The lowest BCUT2D eigenvalue weighted by molar-refractivity contribution is 0.280. The first kappa shape index (κ1) is 25.1. The van der Waals surface area contributed by atoms with Gasteiger partial charge in [0.1, 0.15) is 17.2 Å². The molecule has 0 N–H and O–H groups in total. The van der Waals surface area contributed by atoms with Crippen LogP contribution >= 0.6 is 0 Å². The summed E-state index contributed by atoms with van der Waals surface area (Å²) in [5.74, 6) is 3.48. The number of ether oxygens (including phenoxy) is 2. The third kappa shape index (κ3) is 6.07. The zero-order chi connectivity index (χ0) is 25.7. The SMILES string of the molecule is Cc1ccc(OCCc2cccc(C3(c4ccc(Oc5ccc(C)cc5)cc4)CCC(C)CC3)c2)cc1. The van der Waals surface area contributed by atoms with E-state index in [1.54, 1.807) is 0 Å². The van der Waals surface area contributed by atoms with Crippen molar-refractivity contribution in [2.24, 2.45) is 5.92 Å².